The molecular weight excluding hydrogens is 206 g/mol. The first-order valence-electron chi connectivity index (χ1n) is 4.80. The van der Waals surface area contributed by atoms with Crippen molar-refractivity contribution in [1.82, 2.24) is 5.32 Å². The van der Waals surface area contributed by atoms with E-state index in [1.807, 2.05) is 30.3 Å². The van der Waals surface area contributed by atoms with Crippen LogP contribution in [-0.2, 0) is 20.7 Å². The van der Waals surface area contributed by atoms with Crippen molar-refractivity contribution in [3.63, 3.8) is 0 Å². The van der Waals surface area contributed by atoms with Crippen molar-refractivity contribution in [3.8, 4) is 0 Å². The summed E-state index contributed by atoms with van der Waals surface area (Å²) < 4.78 is 4.37. The van der Waals surface area contributed by atoms with E-state index in [0.717, 1.165) is 11.6 Å². The summed E-state index contributed by atoms with van der Waals surface area (Å²) in [6, 6.07) is 9.35. The molecule has 1 rings (SSSR count). The Balaban J connectivity index is 2.37. The number of carbonyl (C=O) groups is 2. The van der Waals surface area contributed by atoms with Crippen LogP contribution in [0.5, 0.6) is 0 Å². The van der Waals surface area contributed by atoms with E-state index in [9.17, 15) is 9.59 Å². The number of carbonyl (C=O) groups excluding carboxylic acids is 2. The zero-order valence-electron chi connectivity index (χ0n) is 8.97. The van der Waals surface area contributed by atoms with Crippen LogP contribution in [0.3, 0.4) is 0 Å². The molecule has 84 valence electrons. The lowest BCUT2D eigenvalue weighted by Crippen LogP contribution is -2.19. The van der Waals surface area contributed by atoms with E-state index in [1.54, 1.807) is 0 Å². The van der Waals surface area contributed by atoms with Gasteiger partial charge in [0.25, 0.3) is 0 Å². The van der Waals surface area contributed by atoms with Crippen molar-refractivity contribution in [2.24, 2.45) is 0 Å². The van der Waals surface area contributed by atoms with Gasteiger partial charge in [0, 0.05) is 12.3 Å². The molecule has 0 unspecified atom stereocenters. The fraction of sp³-hybridized carbons (Fsp3) is 0.167. The minimum absolute atomic E-state index is 0.175. The molecule has 0 bridgehead atoms. The quantitative estimate of drug-likeness (QED) is 0.608. The average molecular weight is 219 g/mol. The highest BCUT2D eigenvalue weighted by molar-refractivity contribution is 5.84. The van der Waals surface area contributed by atoms with Gasteiger partial charge in [-0.25, -0.2) is 4.79 Å². The Kier molecular flexibility index (Phi) is 4.79. The zero-order valence-corrected chi connectivity index (χ0v) is 8.97. The van der Waals surface area contributed by atoms with E-state index in [4.69, 9.17) is 0 Å². The van der Waals surface area contributed by atoms with Crippen LogP contribution in [-0.4, -0.2) is 19.0 Å². The first kappa shape index (κ1) is 12.0. The Labute approximate surface area is 93.9 Å². The fourth-order valence-corrected chi connectivity index (χ4v) is 1.10. The number of esters is 1. The van der Waals surface area contributed by atoms with E-state index in [-0.39, 0.29) is 12.3 Å². The summed E-state index contributed by atoms with van der Waals surface area (Å²) in [6.45, 7) is 0. The van der Waals surface area contributed by atoms with E-state index in [2.05, 4.69) is 10.1 Å². The van der Waals surface area contributed by atoms with Gasteiger partial charge in [0.05, 0.1) is 13.5 Å². The van der Waals surface area contributed by atoms with Crippen LogP contribution >= 0.6 is 0 Å². The number of methoxy groups -OCH3 is 1. The molecule has 1 aromatic rings. The third kappa shape index (κ3) is 4.41. The minimum atomic E-state index is -0.500. The summed E-state index contributed by atoms with van der Waals surface area (Å²) in [6.07, 6.45) is 2.71. The number of ether oxygens (including phenoxy) is 1. The molecule has 0 saturated heterocycles. The first-order chi connectivity index (χ1) is 7.72. The Hall–Kier alpha value is -2.10. The van der Waals surface area contributed by atoms with Crippen molar-refractivity contribution in [3.05, 3.63) is 48.2 Å². The van der Waals surface area contributed by atoms with Crippen LogP contribution in [0, 0.1) is 0 Å². The monoisotopic (exact) mass is 219 g/mol. The van der Waals surface area contributed by atoms with Gasteiger partial charge >= 0.3 is 5.97 Å². The number of hydrogen-bond acceptors (Lipinski definition) is 3. The van der Waals surface area contributed by atoms with Crippen molar-refractivity contribution >= 4 is 11.9 Å². The van der Waals surface area contributed by atoms with Crippen molar-refractivity contribution < 1.29 is 14.3 Å². The SMILES string of the molecule is COC(=O)/C=C\NC(=O)Cc1ccccc1. The lowest BCUT2D eigenvalue weighted by molar-refractivity contribution is -0.134. The molecule has 1 amide bonds. The predicted molar refractivity (Wildman–Crippen MR) is 59.4 cm³/mol. The molecule has 0 radical (unpaired) electrons. The molecule has 0 aliphatic carbocycles. The molecule has 1 aromatic carbocycles. The van der Waals surface area contributed by atoms with Crippen LogP contribution in [0.4, 0.5) is 0 Å². The molecule has 0 aliphatic rings. The highest BCUT2D eigenvalue weighted by Gasteiger charge is 2.00. The topological polar surface area (TPSA) is 55.4 Å². The highest BCUT2D eigenvalue weighted by Crippen LogP contribution is 1.98. The van der Waals surface area contributed by atoms with Gasteiger partial charge in [0.1, 0.15) is 0 Å². The third-order valence-electron chi connectivity index (χ3n) is 1.87. The second-order valence-corrected chi connectivity index (χ2v) is 3.09. The van der Waals surface area contributed by atoms with Gasteiger partial charge in [-0.1, -0.05) is 30.3 Å². The van der Waals surface area contributed by atoms with E-state index in [1.165, 1.54) is 13.3 Å². The second-order valence-electron chi connectivity index (χ2n) is 3.09. The fourth-order valence-electron chi connectivity index (χ4n) is 1.10. The Morgan fingerprint density at radius 1 is 1.31 bits per heavy atom. The van der Waals surface area contributed by atoms with Crippen LogP contribution in [0.1, 0.15) is 5.56 Å². The lowest BCUT2D eigenvalue weighted by atomic mass is 10.1. The maximum absolute atomic E-state index is 11.4. The molecule has 0 aliphatic heterocycles. The minimum Gasteiger partial charge on any atom is -0.466 e. The summed E-state index contributed by atoms with van der Waals surface area (Å²) in [5.41, 5.74) is 0.923. The van der Waals surface area contributed by atoms with Crippen molar-refractivity contribution in [2.75, 3.05) is 7.11 Å². The summed E-state index contributed by atoms with van der Waals surface area (Å²) in [4.78, 5) is 22.1. The molecule has 16 heavy (non-hydrogen) atoms. The summed E-state index contributed by atoms with van der Waals surface area (Å²) in [7, 11) is 1.28. The van der Waals surface area contributed by atoms with Crippen molar-refractivity contribution in [2.45, 2.75) is 6.42 Å². The standard InChI is InChI=1S/C12H13NO3/c1-16-12(15)7-8-13-11(14)9-10-5-3-2-4-6-10/h2-8H,9H2,1H3,(H,13,14)/b8-7-. The Morgan fingerprint density at radius 3 is 2.62 bits per heavy atom. The van der Waals surface area contributed by atoms with Gasteiger partial charge in [-0.2, -0.15) is 0 Å². The summed E-state index contributed by atoms with van der Waals surface area (Å²) in [5, 5.41) is 2.48. The van der Waals surface area contributed by atoms with Gasteiger partial charge < -0.3 is 10.1 Å². The molecular formula is C12H13NO3. The van der Waals surface area contributed by atoms with E-state index < -0.39 is 5.97 Å². The Morgan fingerprint density at radius 2 is 2.00 bits per heavy atom. The first-order valence-corrected chi connectivity index (χ1v) is 4.80. The molecule has 0 saturated carbocycles. The van der Waals surface area contributed by atoms with Crippen LogP contribution < -0.4 is 5.32 Å². The highest BCUT2D eigenvalue weighted by atomic mass is 16.5. The molecule has 1 N–H and O–H groups in total. The average Bonchev–Trinajstić information content (AvgIpc) is 2.30. The van der Waals surface area contributed by atoms with Crippen molar-refractivity contribution in [1.29, 1.82) is 0 Å². The van der Waals surface area contributed by atoms with Gasteiger partial charge in [-0.15, -0.1) is 0 Å². The third-order valence-corrected chi connectivity index (χ3v) is 1.87. The van der Waals surface area contributed by atoms with Crippen LogP contribution in [0.2, 0.25) is 0 Å². The lowest BCUT2D eigenvalue weighted by Gasteiger charge is -1.99. The van der Waals surface area contributed by atoms with Crippen LogP contribution in [0.15, 0.2) is 42.6 Å². The molecule has 4 nitrogen and oxygen atoms in total. The molecule has 0 spiro atoms. The van der Waals surface area contributed by atoms with E-state index >= 15 is 0 Å². The molecule has 0 aromatic heterocycles. The largest absolute Gasteiger partial charge is 0.466 e. The normalized spacial score (nSPS) is 10.1. The number of rotatable bonds is 4. The number of nitrogens with one attached hydrogen (secondary N) is 1. The summed E-state index contributed by atoms with van der Waals surface area (Å²) in [5.74, 6) is -0.675. The maximum atomic E-state index is 11.4. The Bertz CT molecular complexity index is 385. The second kappa shape index (κ2) is 6.40. The van der Waals surface area contributed by atoms with Gasteiger partial charge in [-0.3, -0.25) is 4.79 Å². The van der Waals surface area contributed by atoms with Crippen LogP contribution in [0.25, 0.3) is 0 Å². The number of hydrogen-bond donors (Lipinski definition) is 1. The number of benzene rings is 1. The molecule has 4 heteroatoms. The molecule has 0 fully saturated rings. The summed E-state index contributed by atoms with van der Waals surface area (Å²) >= 11 is 0. The molecule has 0 heterocycles. The molecule has 0 atom stereocenters. The van der Waals surface area contributed by atoms with Gasteiger partial charge in [-0.05, 0) is 5.56 Å². The maximum Gasteiger partial charge on any atom is 0.331 e. The van der Waals surface area contributed by atoms with Gasteiger partial charge in [0.2, 0.25) is 5.91 Å². The van der Waals surface area contributed by atoms with E-state index in [0.29, 0.717) is 0 Å². The number of amides is 1. The zero-order chi connectivity index (χ0) is 11.8. The predicted octanol–water partition coefficient (Wildman–Crippen LogP) is 1.03. The smallest absolute Gasteiger partial charge is 0.331 e. The van der Waals surface area contributed by atoms with Gasteiger partial charge in [0.15, 0.2) is 0 Å².